The zero-order valence-corrected chi connectivity index (χ0v) is 17.4. The molecule has 30 heavy (non-hydrogen) atoms. The average Bonchev–Trinajstić information content (AvgIpc) is 3.30. The second-order valence-corrected chi connectivity index (χ2v) is 7.80. The molecule has 1 saturated carbocycles. The maximum atomic E-state index is 12.2. The quantitative estimate of drug-likeness (QED) is 0.417. The van der Waals surface area contributed by atoms with Crippen LogP contribution in [-0.2, 0) is 19.2 Å². The van der Waals surface area contributed by atoms with Crippen LogP contribution in [-0.4, -0.2) is 47.3 Å². The van der Waals surface area contributed by atoms with Crippen LogP contribution in [0.2, 0.25) is 0 Å². The Morgan fingerprint density at radius 3 is 2.70 bits per heavy atom. The molecule has 9 nitrogen and oxygen atoms in total. The molecule has 1 aromatic heterocycles. The number of nitrogens with zero attached hydrogens (tertiary/aromatic N) is 2. The smallest absolute Gasteiger partial charge is 0.267 e. The first-order valence-corrected chi connectivity index (χ1v) is 10.7. The number of aromatic nitrogens is 2. The van der Waals surface area contributed by atoms with E-state index in [1.807, 2.05) is 0 Å². The van der Waals surface area contributed by atoms with Crippen molar-refractivity contribution >= 4 is 23.7 Å². The molecule has 1 aromatic rings. The molecule has 3 N–H and O–H groups in total. The minimum atomic E-state index is -0.410. The highest BCUT2D eigenvalue weighted by Crippen LogP contribution is 2.23. The average molecular weight is 418 g/mol. The van der Waals surface area contributed by atoms with Crippen LogP contribution in [0.5, 0.6) is 0 Å². The molecule has 164 valence electrons. The normalized spacial score (nSPS) is 20.8. The van der Waals surface area contributed by atoms with E-state index in [1.54, 1.807) is 6.92 Å². The summed E-state index contributed by atoms with van der Waals surface area (Å²) in [6.45, 7) is 3.17. The molecule has 9 heteroatoms. The van der Waals surface area contributed by atoms with Crippen molar-refractivity contribution in [1.82, 2.24) is 20.8 Å². The van der Waals surface area contributed by atoms with Gasteiger partial charge < -0.3 is 15.4 Å². The molecule has 2 fully saturated rings. The van der Waals surface area contributed by atoms with Gasteiger partial charge in [-0.15, -0.1) is 0 Å². The van der Waals surface area contributed by atoms with Gasteiger partial charge in [0.2, 0.25) is 5.91 Å². The molecule has 3 rings (SSSR count). The molecule has 1 unspecified atom stereocenters. The van der Waals surface area contributed by atoms with E-state index >= 15 is 0 Å². The largest absolute Gasteiger partial charge is 0.357 e. The lowest BCUT2D eigenvalue weighted by molar-refractivity contribution is -0.198. The predicted octanol–water partition coefficient (Wildman–Crippen LogP) is 2.17. The van der Waals surface area contributed by atoms with Gasteiger partial charge in [0.05, 0.1) is 18.1 Å². The van der Waals surface area contributed by atoms with Crippen LogP contribution in [0.3, 0.4) is 0 Å². The second-order valence-electron chi connectivity index (χ2n) is 7.80. The molecular weight excluding hydrogens is 386 g/mol. The third kappa shape index (κ3) is 7.38. The number of rotatable bonds is 9. The van der Waals surface area contributed by atoms with E-state index in [0.717, 1.165) is 25.8 Å². The monoisotopic (exact) mass is 417 g/mol. The van der Waals surface area contributed by atoms with Crippen LogP contribution in [0.25, 0.3) is 6.08 Å². The first-order valence-electron chi connectivity index (χ1n) is 10.7. The van der Waals surface area contributed by atoms with Gasteiger partial charge in [-0.05, 0) is 44.6 Å². The second kappa shape index (κ2) is 11.6. The molecule has 1 aliphatic carbocycles. The van der Waals surface area contributed by atoms with E-state index in [-0.39, 0.29) is 5.91 Å². The van der Waals surface area contributed by atoms with E-state index in [1.165, 1.54) is 50.2 Å². The molecule has 2 aliphatic rings. The number of carbonyl (C=O) groups excluding carboxylic acids is 2. The van der Waals surface area contributed by atoms with Gasteiger partial charge in [-0.1, -0.05) is 12.8 Å². The molecule has 1 aliphatic heterocycles. The van der Waals surface area contributed by atoms with Crippen molar-refractivity contribution in [1.29, 1.82) is 0 Å². The van der Waals surface area contributed by atoms with Crippen LogP contribution in [0.1, 0.15) is 57.6 Å². The fourth-order valence-corrected chi connectivity index (χ4v) is 3.52. The molecule has 1 saturated heterocycles. The molecule has 0 bridgehead atoms. The summed E-state index contributed by atoms with van der Waals surface area (Å²) in [6.07, 6.45) is 13.2. The van der Waals surface area contributed by atoms with E-state index in [0.29, 0.717) is 24.0 Å². The Balaban J connectivity index is 1.38. The number of hydrogen-bond acceptors (Lipinski definition) is 7. The van der Waals surface area contributed by atoms with Crippen molar-refractivity contribution in [2.45, 2.75) is 64.2 Å². The van der Waals surface area contributed by atoms with Crippen molar-refractivity contribution in [3.8, 4) is 0 Å². The number of anilines is 1. The molecule has 2 amide bonds. The zero-order valence-electron chi connectivity index (χ0n) is 17.4. The van der Waals surface area contributed by atoms with Crippen molar-refractivity contribution in [3.05, 3.63) is 24.2 Å². The van der Waals surface area contributed by atoms with Crippen LogP contribution in [0.15, 0.2) is 18.5 Å². The Morgan fingerprint density at radius 2 is 2.00 bits per heavy atom. The fraction of sp³-hybridized carbons (Fsp3) is 0.619. The Kier molecular flexibility index (Phi) is 8.58. The molecule has 0 spiro atoms. The number of ether oxygens (including phenoxy) is 1. The van der Waals surface area contributed by atoms with Crippen molar-refractivity contribution < 1.29 is 19.2 Å². The predicted molar refractivity (Wildman–Crippen MR) is 112 cm³/mol. The first-order chi connectivity index (χ1) is 14.6. The van der Waals surface area contributed by atoms with Gasteiger partial charge in [-0.25, -0.2) is 15.3 Å². The van der Waals surface area contributed by atoms with Crippen molar-refractivity contribution in [2.75, 3.05) is 18.5 Å². The minimum absolute atomic E-state index is 0.0497. The van der Waals surface area contributed by atoms with Crippen LogP contribution >= 0.6 is 0 Å². The third-order valence-corrected chi connectivity index (χ3v) is 5.30. The van der Waals surface area contributed by atoms with Crippen molar-refractivity contribution in [2.24, 2.45) is 5.92 Å². The lowest BCUT2D eigenvalue weighted by Crippen LogP contribution is -2.39. The Morgan fingerprint density at radius 1 is 1.20 bits per heavy atom. The van der Waals surface area contributed by atoms with Gasteiger partial charge >= 0.3 is 0 Å². The topological polar surface area (TPSA) is 114 Å². The molecular formula is C21H31N5O4. The summed E-state index contributed by atoms with van der Waals surface area (Å²) >= 11 is 0. The van der Waals surface area contributed by atoms with Gasteiger partial charge in [-0.3, -0.25) is 14.6 Å². The summed E-state index contributed by atoms with van der Waals surface area (Å²) in [5.41, 5.74) is 2.87. The lowest BCUT2D eigenvalue weighted by atomic mass is 10.1. The van der Waals surface area contributed by atoms with Gasteiger partial charge in [-0.2, -0.15) is 0 Å². The standard InChI is InChI=1S/C21H31N5O4/c1-15(21(28)24-12-16-6-2-3-7-16)25-18-14-22-17(13-23-18)9-10-19(27)26-30-20-8-4-5-11-29-20/h9-10,13-16,20H,2-8,11-12H2,1H3,(H,23,25)(H,24,28)(H,26,27)/b10-9+/t15-,20?/m1/s1. The summed E-state index contributed by atoms with van der Waals surface area (Å²) in [6, 6.07) is -0.410. The summed E-state index contributed by atoms with van der Waals surface area (Å²) < 4.78 is 5.37. The highest BCUT2D eigenvalue weighted by atomic mass is 16.8. The van der Waals surface area contributed by atoms with Gasteiger partial charge in [0.1, 0.15) is 11.9 Å². The van der Waals surface area contributed by atoms with Crippen molar-refractivity contribution in [3.63, 3.8) is 0 Å². The number of hydroxylamine groups is 1. The highest BCUT2D eigenvalue weighted by Gasteiger charge is 2.18. The summed E-state index contributed by atoms with van der Waals surface area (Å²) in [7, 11) is 0. The van der Waals surface area contributed by atoms with Gasteiger partial charge in [0, 0.05) is 25.6 Å². The summed E-state index contributed by atoms with van der Waals surface area (Å²) in [4.78, 5) is 37.7. The van der Waals surface area contributed by atoms with E-state index in [2.05, 4.69) is 26.1 Å². The molecule has 0 radical (unpaired) electrons. The lowest BCUT2D eigenvalue weighted by Gasteiger charge is -2.21. The van der Waals surface area contributed by atoms with Crippen LogP contribution in [0.4, 0.5) is 5.82 Å². The van der Waals surface area contributed by atoms with E-state index in [4.69, 9.17) is 9.57 Å². The summed E-state index contributed by atoms with van der Waals surface area (Å²) in [5, 5.41) is 6.04. The Bertz CT molecular complexity index is 713. The fourth-order valence-electron chi connectivity index (χ4n) is 3.52. The van der Waals surface area contributed by atoms with Gasteiger partial charge in [0.15, 0.2) is 6.29 Å². The summed E-state index contributed by atoms with van der Waals surface area (Å²) in [5.74, 6) is 0.648. The number of nitrogens with one attached hydrogen (secondary N) is 3. The molecule has 2 atom stereocenters. The van der Waals surface area contributed by atoms with E-state index in [9.17, 15) is 9.59 Å². The molecule has 2 heterocycles. The first kappa shape index (κ1) is 22.2. The number of carbonyl (C=O) groups is 2. The number of hydrogen-bond donors (Lipinski definition) is 3. The van der Waals surface area contributed by atoms with Gasteiger partial charge in [0.25, 0.3) is 5.91 Å². The van der Waals surface area contributed by atoms with Crippen LogP contribution < -0.4 is 16.1 Å². The number of amides is 2. The SMILES string of the molecule is C[C@@H](Nc1cnc(/C=C/C(=O)NOC2CCCCO2)cn1)C(=O)NCC1CCCC1. The maximum absolute atomic E-state index is 12.2. The highest BCUT2D eigenvalue weighted by molar-refractivity contribution is 5.90. The Labute approximate surface area is 177 Å². The van der Waals surface area contributed by atoms with E-state index < -0.39 is 18.2 Å². The third-order valence-electron chi connectivity index (χ3n) is 5.30. The minimum Gasteiger partial charge on any atom is -0.357 e. The van der Waals surface area contributed by atoms with Crippen LogP contribution in [0, 0.1) is 5.92 Å². The maximum Gasteiger partial charge on any atom is 0.267 e. The Hall–Kier alpha value is -2.52. The molecule has 0 aromatic carbocycles. The zero-order chi connectivity index (χ0) is 21.2.